The lowest BCUT2D eigenvalue weighted by Gasteiger charge is -2.09. The number of guanidine groups is 1. The topological polar surface area (TPSA) is 245 Å². The number of aromatic nitrogens is 4. The van der Waals surface area contributed by atoms with Crippen molar-refractivity contribution in [2.75, 3.05) is 41.5 Å². The second kappa shape index (κ2) is 14.0. The zero-order valence-electron chi connectivity index (χ0n) is 24.5. The molecule has 0 fully saturated rings. The molecule has 4 aromatic heterocycles. The molecule has 4 heterocycles. The fraction of sp³-hybridized carbons (Fsp3) is 0.222. The molecule has 0 aliphatic rings. The maximum absolute atomic E-state index is 13.1. The van der Waals surface area contributed by atoms with Crippen LogP contribution in [-0.2, 0) is 0 Å². The molecule has 0 unspecified atom stereocenters. The molecule has 0 aromatic carbocycles. The lowest BCUT2D eigenvalue weighted by molar-refractivity contribution is 0.0947. The molecule has 4 aromatic rings. The fourth-order valence-corrected chi connectivity index (χ4v) is 4.34. The zero-order valence-corrected chi connectivity index (χ0v) is 25.3. The lowest BCUT2D eigenvalue weighted by Crippen LogP contribution is -2.29. The van der Waals surface area contributed by atoms with E-state index in [1.54, 1.807) is 50.8 Å². The van der Waals surface area contributed by atoms with Crippen LogP contribution in [0.1, 0.15) is 58.6 Å². The highest BCUT2D eigenvalue weighted by atomic mass is 35.5. The average Bonchev–Trinajstić information content (AvgIpc) is 3.75. The quantitative estimate of drug-likeness (QED) is 0.0670. The van der Waals surface area contributed by atoms with Crippen LogP contribution in [0.25, 0.3) is 0 Å². The molecular formula is C27H35ClN12O4. The van der Waals surface area contributed by atoms with E-state index in [0.29, 0.717) is 39.4 Å². The Bertz CT molecular complexity index is 1710. The van der Waals surface area contributed by atoms with Crippen LogP contribution in [0.4, 0.5) is 17.1 Å². The first-order chi connectivity index (χ1) is 20.5. The van der Waals surface area contributed by atoms with Gasteiger partial charge in [-0.25, -0.2) is 0 Å². The highest BCUT2D eigenvalue weighted by Gasteiger charge is 2.22. The van der Waals surface area contributed by atoms with Gasteiger partial charge >= 0.3 is 0 Å². The highest BCUT2D eigenvalue weighted by molar-refractivity contribution is 6.10. The molecule has 0 bridgehead atoms. The molecular weight excluding hydrogens is 592 g/mol. The Kier molecular flexibility index (Phi) is 10.5. The third-order valence-corrected chi connectivity index (χ3v) is 6.76. The number of hydrogen-bond acceptors (Lipinski definition) is 6. The van der Waals surface area contributed by atoms with E-state index >= 15 is 0 Å². The van der Waals surface area contributed by atoms with Crippen LogP contribution in [0.3, 0.4) is 0 Å². The molecule has 0 saturated heterocycles. The summed E-state index contributed by atoms with van der Waals surface area (Å²) in [5.41, 5.74) is 17.4. The van der Waals surface area contributed by atoms with Gasteiger partial charge in [0.2, 0.25) is 0 Å². The molecule has 0 radical (unpaired) electrons. The van der Waals surface area contributed by atoms with Gasteiger partial charge in [-0.1, -0.05) is 0 Å². The third kappa shape index (κ3) is 7.04. The molecule has 0 spiro atoms. The largest absolute Gasteiger partial charge is 0.370 e. The third-order valence-electron chi connectivity index (χ3n) is 6.76. The maximum atomic E-state index is 13.1. The van der Waals surface area contributed by atoms with Crippen molar-refractivity contribution in [3.63, 3.8) is 0 Å². The van der Waals surface area contributed by atoms with Gasteiger partial charge in [-0.3, -0.25) is 28.8 Å². The van der Waals surface area contributed by atoms with Gasteiger partial charge in [0.1, 0.15) is 22.8 Å². The van der Waals surface area contributed by atoms with E-state index in [2.05, 4.69) is 46.6 Å². The number of hydrogen-bond donors (Lipinski definition) is 10. The number of nitrogens with two attached hydrogens (primary N) is 2. The predicted molar refractivity (Wildman–Crippen MR) is 170 cm³/mol. The van der Waals surface area contributed by atoms with E-state index in [0.717, 1.165) is 0 Å². The Labute approximate surface area is 258 Å². The van der Waals surface area contributed by atoms with E-state index in [9.17, 15) is 19.2 Å². The van der Waals surface area contributed by atoms with Crippen LogP contribution in [0.5, 0.6) is 0 Å². The van der Waals surface area contributed by atoms with Crippen molar-refractivity contribution in [3.8, 4) is 0 Å². The second-order valence-electron chi connectivity index (χ2n) is 9.52. The Morgan fingerprint density at radius 3 is 1.68 bits per heavy atom. The number of nitrogens with zero attached hydrogens (tertiary/aromatic N) is 2. The van der Waals surface area contributed by atoms with Crippen LogP contribution in [0, 0.1) is 20.8 Å². The molecule has 0 aliphatic carbocycles. The summed E-state index contributed by atoms with van der Waals surface area (Å²) in [6.45, 7) is 5.55. The molecule has 4 rings (SSSR count). The summed E-state index contributed by atoms with van der Waals surface area (Å²) in [4.78, 5) is 63.8. The number of halogens is 1. The zero-order chi connectivity index (χ0) is 31.3. The minimum Gasteiger partial charge on any atom is -0.370 e. The molecule has 0 saturated carbocycles. The van der Waals surface area contributed by atoms with Gasteiger partial charge in [-0.2, -0.15) is 0 Å². The van der Waals surface area contributed by atoms with Crippen molar-refractivity contribution < 1.29 is 19.2 Å². The Morgan fingerprint density at radius 2 is 1.23 bits per heavy atom. The SMILES string of the molecule is CNn1cccc1C(=O)Nc1c[nH]c(C(=O)Nc2c[nH]c(C(=O)Nc3c[nH]c(C(=O)NCCN=C(N)N)c3C)c2C)c1C.Cl. The number of rotatable bonds is 11. The normalized spacial score (nSPS) is 10.4. The van der Waals surface area contributed by atoms with Gasteiger partial charge in [-0.15, -0.1) is 12.4 Å². The first-order valence-corrected chi connectivity index (χ1v) is 13.2. The molecule has 234 valence electrons. The van der Waals surface area contributed by atoms with E-state index < -0.39 is 11.8 Å². The molecule has 16 nitrogen and oxygen atoms in total. The molecule has 17 heteroatoms. The lowest BCUT2D eigenvalue weighted by atomic mass is 10.2. The first kappa shape index (κ1) is 32.9. The maximum Gasteiger partial charge on any atom is 0.274 e. The van der Waals surface area contributed by atoms with Crippen LogP contribution >= 0.6 is 12.4 Å². The van der Waals surface area contributed by atoms with Gasteiger partial charge in [0.25, 0.3) is 23.6 Å². The monoisotopic (exact) mass is 626 g/mol. The Hall–Kier alpha value is -5.64. The van der Waals surface area contributed by atoms with Crippen LogP contribution < -0.4 is 38.2 Å². The predicted octanol–water partition coefficient (Wildman–Crippen LogP) is 1.75. The smallest absolute Gasteiger partial charge is 0.274 e. The van der Waals surface area contributed by atoms with E-state index in [1.807, 2.05) is 0 Å². The van der Waals surface area contributed by atoms with Crippen molar-refractivity contribution in [3.05, 3.63) is 76.4 Å². The summed E-state index contributed by atoms with van der Waals surface area (Å²) in [6.07, 6.45) is 6.27. The standard InChI is InChI=1S/C27H34N12O4.ClH/c1-13-17(11-33-20(13)24(41)31-7-8-32-27(28)29)37-26(43)22-15(3)18(12-35-22)38-25(42)21-14(2)16(10-34-21)36-23(40)19-6-5-9-39(19)30-4;/h5-6,9-12,30,33-35H,7-8H2,1-4H3,(H,31,41)(H,36,40)(H,37,43)(H,38,42)(H4,28,29,32);1H. The number of carbonyl (C=O) groups is 4. The average molecular weight is 627 g/mol. The molecule has 4 amide bonds. The van der Waals surface area contributed by atoms with Crippen molar-refractivity contribution in [1.82, 2.24) is 24.9 Å². The number of aliphatic imine (C=N–C) groups is 1. The molecule has 44 heavy (non-hydrogen) atoms. The van der Waals surface area contributed by atoms with Gasteiger partial charge in [-0.05, 0) is 32.9 Å². The van der Waals surface area contributed by atoms with Gasteiger partial charge in [0.05, 0.1) is 23.6 Å². The number of H-pyrrole nitrogens is 3. The summed E-state index contributed by atoms with van der Waals surface area (Å²) < 4.78 is 1.57. The summed E-state index contributed by atoms with van der Waals surface area (Å²) >= 11 is 0. The number of amides is 4. The van der Waals surface area contributed by atoms with Crippen molar-refractivity contribution >= 4 is 59.1 Å². The summed E-state index contributed by atoms with van der Waals surface area (Å²) in [5.74, 6) is -1.71. The van der Waals surface area contributed by atoms with Crippen LogP contribution in [0.15, 0.2) is 41.9 Å². The number of nitrogens with one attached hydrogen (secondary N) is 8. The number of anilines is 3. The summed E-state index contributed by atoms with van der Waals surface area (Å²) in [5, 5.41) is 11.0. The Morgan fingerprint density at radius 1 is 0.773 bits per heavy atom. The number of carbonyl (C=O) groups excluding carboxylic acids is 4. The van der Waals surface area contributed by atoms with Crippen LogP contribution in [0.2, 0.25) is 0 Å². The molecule has 0 aliphatic heterocycles. The molecule has 12 N–H and O–H groups in total. The summed E-state index contributed by atoms with van der Waals surface area (Å²) in [6, 6.07) is 3.40. The highest BCUT2D eigenvalue weighted by Crippen LogP contribution is 2.25. The Balaban J connectivity index is 0.00000529. The van der Waals surface area contributed by atoms with Crippen molar-refractivity contribution in [2.45, 2.75) is 20.8 Å². The molecule has 0 atom stereocenters. The van der Waals surface area contributed by atoms with Gasteiger partial charge < -0.3 is 53.1 Å². The summed E-state index contributed by atoms with van der Waals surface area (Å²) in [7, 11) is 1.69. The van der Waals surface area contributed by atoms with Crippen molar-refractivity contribution in [2.24, 2.45) is 16.5 Å². The van der Waals surface area contributed by atoms with Gasteiger partial charge in [0, 0.05) is 55.1 Å². The first-order valence-electron chi connectivity index (χ1n) is 13.2. The van der Waals surface area contributed by atoms with Gasteiger partial charge in [0.15, 0.2) is 5.96 Å². The van der Waals surface area contributed by atoms with E-state index in [4.69, 9.17) is 11.5 Å². The number of aromatic amines is 3. The minimum absolute atomic E-state index is 0. The van der Waals surface area contributed by atoms with E-state index in [1.165, 1.54) is 18.6 Å². The van der Waals surface area contributed by atoms with E-state index in [-0.39, 0.29) is 60.4 Å². The van der Waals surface area contributed by atoms with Crippen molar-refractivity contribution in [1.29, 1.82) is 0 Å². The minimum atomic E-state index is -0.466. The fourth-order valence-electron chi connectivity index (χ4n) is 4.34. The van der Waals surface area contributed by atoms with Crippen LogP contribution in [-0.4, -0.2) is 69.4 Å². The second-order valence-corrected chi connectivity index (χ2v) is 9.52.